The van der Waals surface area contributed by atoms with Crippen molar-refractivity contribution in [2.45, 2.75) is 129 Å². The fraction of sp³-hybridized carbons (Fsp3) is 0.806. The van der Waals surface area contributed by atoms with Gasteiger partial charge in [-0.3, -0.25) is 4.57 Å². The minimum atomic E-state index is -3.97. The van der Waals surface area contributed by atoms with Crippen LogP contribution < -0.4 is 10.1 Å². The van der Waals surface area contributed by atoms with Crippen molar-refractivity contribution in [3.63, 3.8) is 0 Å². The minimum absolute atomic E-state index is 0.0126. The van der Waals surface area contributed by atoms with E-state index >= 15 is 0 Å². The van der Waals surface area contributed by atoms with Gasteiger partial charge in [0.05, 0.1) is 43.5 Å². The molecule has 2 atom stereocenters. The Bertz CT molecular complexity index is 1380. The van der Waals surface area contributed by atoms with Crippen LogP contribution in [-0.4, -0.2) is 115 Å². The Kier molecular flexibility index (Phi) is 17.8. The highest BCUT2D eigenvalue weighted by Crippen LogP contribution is 2.48. The molecule has 1 heterocycles. The van der Waals surface area contributed by atoms with E-state index in [-0.39, 0.29) is 54.6 Å². The SMILES string of the molecule is CCOP(=O)(COC1CCN(C[C@H](NC(=O)OC(C)(C)C)[C@H](CN(CC(C)C)S(=O)(=O)c2ccc(OC)cc2)O[Si](C)(C)C(C)(C)C)CC1)OCC. The molecule has 0 saturated carbocycles. The van der Waals surface area contributed by atoms with E-state index in [0.717, 1.165) is 0 Å². The maximum Gasteiger partial charge on any atom is 0.408 e. The van der Waals surface area contributed by atoms with E-state index in [0.29, 0.717) is 38.2 Å². The molecule has 302 valence electrons. The van der Waals surface area contributed by atoms with Crippen molar-refractivity contribution in [2.75, 3.05) is 59.4 Å². The molecule has 16 heteroatoms. The van der Waals surface area contributed by atoms with Gasteiger partial charge in [-0.1, -0.05) is 34.6 Å². The van der Waals surface area contributed by atoms with Crippen molar-refractivity contribution in [3.8, 4) is 5.75 Å². The predicted octanol–water partition coefficient (Wildman–Crippen LogP) is 7.33. The number of benzene rings is 1. The monoisotopic (exact) mass is 793 g/mol. The molecule has 1 N–H and O–H groups in total. The molecule has 1 fully saturated rings. The van der Waals surface area contributed by atoms with Crippen LogP contribution in [0.15, 0.2) is 29.2 Å². The molecule has 1 amide bonds. The van der Waals surface area contributed by atoms with Gasteiger partial charge < -0.3 is 37.9 Å². The molecule has 0 spiro atoms. The fourth-order valence-electron chi connectivity index (χ4n) is 5.53. The van der Waals surface area contributed by atoms with Crippen molar-refractivity contribution >= 4 is 32.0 Å². The molecule has 0 bridgehead atoms. The summed E-state index contributed by atoms with van der Waals surface area (Å²) in [5.41, 5.74) is -0.746. The first-order valence-electron chi connectivity index (χ1n) is 18.5. The van der Waals surface area contributed by atoms with E-state index in [2.05, 4.69) is 44.1 Å². The summed E-state index contributed by atoms with van der Waals surface area (Å²) in [5.74, 6) is 0.570. The standard InChI is InChI=1S/C36H68N3O10PSSi/c1-14-46-50(41,47-15-2)27-45-30-20-22-38(23-21-30)25-32(37-34(40)48-35(5,6)7)33(49-52(12,13)36(8,9)10)26-39(24-28(3)4)51(42,43)31-18-16-29(44-11)17-19-31/h16-19,28,30,32-33H,14-15,20-27H2,1-13H3,(H,37,40)/t32-,33-/m0/s1. The summed E-state index contributed by atoms with van der Waals surface area (Å²) in [6, 6.07) is 5.75. The highest BCUT2D eigenvalue weighted by atomic mass is 32.2. The number of hydrogen-bond acceptors (Lipinski definition) is 11. The average Bonchev–Trinajstić information content (AvgIpc) is 3.02. The number of carbonyl (C=O) groups excluding carboxylic acids is 1. The van der Waals surface area contributed by atoms with E-state index in [1.165, 1.54) is 11.4 Å². The Labute approximate surface area is 315 Å². The highest BCUT2D eigenvalue weighted by molar-refractivity contribution is 7.89. The number of methoxy groups -OCH3 is 1. The number of amides is 1. The highest BCUT2D eigenvalue weighted by Gasteiger charge is 2.43. The summed E-state index contributed by atoms with van der Waals surface area (Å²) >= 11 is 0. The number of alkyl carbamates (subject to hydrolysis) is 1. The quantitative estimate of drug-likeness (QED) is 0.105. The van der Waals surface area contributed by atoms with Crippen LogP contribution >= 0.6 is 7.60 Å². The van der Waals surface area contributed by atoms with E-state index in [1.807, 2.05) is 13.8 Å². The molecule has 1 aliphatic rings. The van der Waals surface area contributed by atoms with E-state index in [4.69, 9.17) is 27.7 Å². The average molecular weight is 794 g/mol. The van der Waals surface area contributed by atoms with Gasteiger partial charge in [-0.2, -0.15) is 4.31 Å². The Morgan fingerprint density at radius 1 is 1.00 bits per heavy atom. The fourth-order valence-corrected chi connectivity index (χ4v) is 9.90. The molecular weight excluding hydrogens is 726 g/mol. The van der Waals surface area contributed by atoms with Crippen LogP contribution in [-0.2, 0) is 37.5 Å². The van der Waals surface area contributed by atoms with Gasteiger partial charge in [0.2, 0.25) is 10.0 Å². The molecule has 1 aromatic carbocycles. The van der Waals surface area contributed by atoms with Crippen molar-refractivity contribution in [2.24, 2.45) is 5.92 Å². The zero-order chi connectivity index (χ0) is 39.5. The third-order valence-electron chi connectivity index (χ3n) is 9.16. The second-order valence-corrected chi connectivity index (χ2v) is 25.0. The lowest BCUT2D eigenvalue weighted by Crippen LogP contribution is -2.60. The number of nitrogens with zero attached hydrogens (tertiary/aromatic N) is 2. The Morgan fingerprint density at radius 2 is 1.56 bits per heavy atom. The van der Waals surface area contributed by atoms with E-state index in [1.54, 1.807) is 58.9 Å². The Hall–Kier alpha value is -1.55. The minimum Gasteiger partial charge on any atom is -0.497 e. The number of rotatable bonds is 20. The number of sulfonamides is 1. The maximum atomic E-state index is 14.3. The molecule has 0 aromatic heterocycles. The van der Waals surface area contributed by atoms with Crippen molar-refractivity contribution in [1.82, 2.24) is 14.5 Å². The van der Waals surface area contributed by atoms with Gasteiger partial charge in [-0.15, -0.1) is 0 Å². The lowest BCUT2D eigenvalue weighted by Gasteiger charge is -2.44. The molecule has 0 aliphatic carbocycles. The Balaban J connectivity index is 2.48. The Morgan fingerprint density at radius 3 is 2.02 bits per heavy atom. The smallest absolute Gasteiger partial charge is 0.408 e. The second-order valence-electron chi connectivity index (χ2n) is 16.3. The zero-order valence-electron chi connectivity index (χ0n) is 34.0. The van der Waals surface area contributed by atoms with E-state index in [9.17, 15) is 17.8 Å². The molecule has 1 aliphatic heterocycles. The summed E-state index contributed by atoms with van der Waals surface area (Å²) < 4.78 is 78.0. The van der Waals surface area contributed by atoms with Gasteiger partial charge >= 0.3 is 13.7 Å². The van der Waals surface area contributed by atoms with Crippen LogP contribution in [0.5, 0.6) is 5.75 Å². The van der Waals surface area contributed by atoms with Crippen LogP contribution in [0.1, 0.15) is 82.1 Å². The molecule has 13 nitrogen and oxygen atoms in total. The van der Waals surface area contributed by atoms with Crippen LogP contribution in [0.2, 0.25) is 18.1 Å². The van der Waals surface area contributed by atoms with Crippen LogP contribution in [0.3, 0.4) is 0 Å². The van der Waals surface area contributed by atoms with Gasteiger partial charge in [-0.05, 0) is 95.8 Å². The van der Waals surface area contributed by atoms with Crippen LogP contribution in [0.4, 0.5) is 4.79 Å². The first kappa shape index (κ1) is 46.6. The van der Waals surface area contributed by atoms with Crippen molar-refractivity contribution in [3.05, 3.63) is 24.3 Å². The van der Waals surface area contributed by atoms with Crippen LogP contribution in [0, 0.1) is 5.92 Å². The summed E-state index contributed by atoms with van der Waals surface area (Å²) in [5, 5.41) is 2.90. The number of piperidine rings is 1. The molecular formula is C36H68N3O10PSSi. The number of carbonyl (C=O) groups is 1. The third kappa shape index (κ3) is 14.9. The summed E-state index contributed by atoms with van der Waals surface area (Å²) in [4.78, 5) is 15.8. The molecule has 0 unspecified atom stereocenters. The number of ether oxygens (including phenoxy) is 3. The van der Waals surface area contributed by atoms with Gasteiger partial charge in [0, 0.05) is 32.7 Å². The number of likely N-dealkylation sites (tertiary alicyclic amines) is 1. The van der Waals surface area contributed by atoms with Crippen molar-refractivity contribution < 1.29 is 45.5 Å². The van der Waals surface area contributed by atoms with Gasteiger partial charge in [0.25, 0.3) is 0 Å². The van der Waals surface area contributed by atoms with Gasteiger partial charge in [-0.25, -0.2) is 13.2 Å². The third-order valence-corrected chi connectivity index (χ3v) is 17.3. The molecule has 1 aromatic rings. The summed E-state index contributed by atoms with van der Waals surface area (Å²) in [6.45, 7) is 26.0. The second kappa shape index (κ2) is 19.9. The topological polar surface area (TPSA) is 142 Å². The number of nitrogens with one attached hydrogen (secondary N) is 1. The first-order valence-corrected chi connectivity index (χ1v) is 24.6. The lowest BCUT2D eigenvalue weighted by atomic mass is 10.0. The van der Waals surface area contributed by atoms with Gasteiger partial charge in [0.15, 0.2) is 8.32 Å². The molecule has 0 radical (unpaired) electrons. The summed E-state index contributed by atoms with van der Waals surface area (Å²) in [7, 11) is -8.30. The predicted molar refractivity (Wildman–Crippen MR) is 208 cm³/mol. The largest absolute Gasteiger partial charge is 0.497 e. The number of hydrogen-bond donors (Lipinski definition) is 1. The van der Waals surface area contributed by atoms with E-state index < -0.39 is 49.8 Å². The molecule has 52 heavy (non-hydrogen) atoms. The normalized spacial score (nSPS) is 17.0. The molecule has 1 saturated heterocycles. The lowest BCUT2D eigenvalue weighted by molar-refractivity contribution is 0.00834. The van der Waals surface area contributed by atoms with Crippen LogP contribution in [0.25, 0.3) is 0 Å². The molecule has 2 rings (SSSR count). The van der Waals surface area contributed by atoms with Crippen molar-refractivity contribution in [1.29, 1.82) is 0 Å². The zero-order valence-corrected chi connectivity index (χ0v) is 36.7. The summed E-state index contributed by atoms with van der Waals surface area (Å²) in [6.07, 6.45) is -0.238. The first-order chi connectivity index (χ1) is 23.9. The van der Waals surface area contributed by atoms with Gasteiger partial charge in [0.1, 0.15) is 17.7 Å². The maximum absolute atomic E-state index is 14.3.